The van der Waals surface area contributed by atoms with Crippen molar-refractivity contribution in [3.63, 3.8) is 0 Å². The van der Waals surface area contributed by atoms with Crippen molar-refractivity contribution in [2.75, 3.05) is 25.0 Å². The van der Waals surface area contributed by atoms with Crippen LogP contribution < -0.4 is 4.90 Å². The molecule has 20 heavy (non-hydrogen) atoms. The van der Waals surface area contributed by atoms with Crippen molar-refractivity contribution in [1.29, 1.82) is 0 Å². The first-order valence-corrected chi connectivity index (χ1v) is 7.72. The van der Waals surface area contributed by atoms with Gasteiger partial charge in [-0.05, 0) is 31.4 Å². The van der Waals surface area contributed by atoms with Crippen LogP contribution in [-0.4, -0.2) is 37.0 Å². The second-order valence-electron chi connectivity index (χ2n) is 5.79. The highest BCUT2D eigenvalue weighted by atomic mass is 16.2. The molecule has 0 aliphatic carbocycles. The van der Waals surface area contributed by atoms with Gasteiger partial charge in [0.2, 0.25) is 5.91 Å². The highest BCUT2D eigenvalue weighted by Crippen LogP contribution is 2.31. The normalized spacial score (nSPS) is 17.1. The van der Waals surface area contributed by atoms with E-state index in [2.05, 4.69) is 43.0 Å². The van der Waals surface area contributed by atoms with Gasteiger partial charge in [0.1, 0.15) is 0 Å². The molecule has 1 aliphatic heterocycles. The zero-order valence-electron chi connectivity index (χ0n) is 12.9. The number of benzene rings is 1. The number of amides is 1. The molecule has 1 unspecified atom stereocenters. The second kappa shape index (κ2) is 6.78. The first-order valence-electron chi connectivity index (χ1n) is 7.72. The number of para-hydroxylation sites is 1. The van der Waals surface area contributed by atoms with Crippen LogP contribution in [-0.2, 0) is 11.2 Å². The average molecular weight is 274 g/mol. The van der Waals surface area contributed by atoms with E-state index in [1.807, 2.05) is 11.9 Å². The lowest BCUT2D eigenvalue weighted by Crippen LogP contribution is -2.35. The third kappa shape index (κ3) is 3.33. The molecule has 110 valence electrons. The van der Waals surface area contributed by atoms with Crippen LogP contribution >= 0.6 is 0 Å². The molecule has 1 atom stereocenters. The van der Waals surface area contributed by atoms with Gasteiger partial charge in [0.15, 0.2) is 0 Å². The predicted octanol–water partition coefficient (Wildman–Crippen LogP) is 3.09. The van der Waals surface area contributed by atoms with Crippen LogP contribution in [0.2, 0.25) is 0 Å². The summed E-state index contributed by atoms with van der Waals surface area (Å²) < 4.78 is 0. The predicted molar refractivity (Wildman–Crippen MR) is 84.1 cm³/mol. The quantitative estimate of drug-likeness (QED) is 0.796. The number of anilines is 1. The molecule has 2 rings (SSSR count). The smallest absolute Gasteiger partial charge is 0.224 e. The second-order valence-corrected chi connectivity index (χ2v) is 5.79. The van der Waals surface area contributed by atoms with Crippen LogP contribution in [0.1, 0.15) is 38.7 Å². The van der Waals surface area contributed by atoms with Gasteiger partial charge in [0.05, 0.1) is 0 Å². The Balaban J connectivity index is 1.89. The van der Waals surface area contributed by atoms with Crippen molar-refractivity contribution in [2.45, 2.75) is 45.6 Å². The number of fused-ring (bicyclic) bond motifs is 1. The van der Waals surface area contributed by atoms with E-state index in [4.69, 9.17) is 0 Å². The largest absolute Gasteiger partial charge is 0.368 e. The van der Waals surface area contributed by atoms with Gasteiger partial charge in [-0.15, -0.1) is 0 Å². The minimum atomic E-state index is 0.259. The summed E-state index contributed by atoms with van der Waals surface area (Å²) in [5.41, 5.74) is 2.72. The van der Waals surface area contributed by atoms with Gasteiger partial charge in [-0.2, -0.15) is 0 Å². The maximum Gasteiger partial charge on any atom is 0.224 e. The van der Waals surface area contributed by atoms with E-state index >= 15 is 0 Å². The molecule has 1 heterocycles. The number of carbonyl (C=O) groups is 1. The fraction of sp³-hybridized carbons (Fsp3) is 0.588. The molecule has 0 radical (unpaired) electrons. The highest BCUT2D eigenvalue weighted by molar-refractivity contribution is 5.76. The highest BCUT2D eigenvalue weighted by Gasteiger charge is 2.25. The molecule has 0 bridgehead atoms. The average Bonchev–Trinajstić information content (AvgIpc) is 2.77. The van der Waals surface area contributed by atoms with Crippen molar-refractivity contribution in [1.82, 2.24) is 4.90 Å². The summed E-state index contributed by atoms with van der Waals surface area (Å²) in [5, 5.41) is 0. The summed E-state index contributed by atoms with van der Waals surface area (Å²) in [5.74, 6) is 0.259. The standard InChI is InChI=1S/C17H26N2O/c1-4-5-11-18(3)17(20)10-12-19-14(2)13-15-8-6-7-9-16(15)19/h6-9,14H,4-5,10-13H2,1-3H3. The van der Waals surface area contributed by atoms with Gasteiger partial charge in [0.25, 0.3) is 0 Å². The Morgan fingerprint density at radius 1 is 1.40 bits per heavy atom. The molecular formula is C17H26N2O. The van der Waals surface area contributed by atoms with Crippen molar-refractivity contribution in [3.05, 3.63) is 29.8 Å². The molecule has 0 spiro atoms. The van der Waals surface area contributed by atoms with Crippen LogP contribution in [0.25, 0.3) is 0 Å². The summed E-state index contributed by atoms with van der Waals surface area (Å²) in [7, 11) is 1.92. The van der Waals surface area contributed by atoms with Crippen molar-refractivity contribution >= 4 is 11.6 Å². The number of nitrogens with zero attached hydrogens (tertiary/aromatic N) is 2. The number of carbonyl (C=O) groups excluding carboxylic acids is 1. The molecule has 0 saturated carbocycles. The van der Waals surface area contributed by atoms with Crippen LogP contribution in [0.5, 0.6) is 0 Å². The molecule has 3 nitrogen and oxygen atoms in total. The molecule has 0 aromatic heterocycles. The molecular weight excluding hydrogens is 248 g/mol. The van der Waals surface area contributed by atoms with E-state index in [0.29, 0.717) is 12.5 Å². The Morgan fingerprint density at radius 2 is 2.15 bits per heavy atom. The number of unbranched alkanes of at least 4 members (excludes halogenated alkanes) is 1. The van der Waals surface area contributed by atoms with Crippen LogP contribution in [0.4, 0.5) is 5.69 Å². The van der Waals surface area contributed by atoms with E-state index in [-0.39, 0.29) is 5.91 Å². The Morgan fingerprint density at radius 3 is 2.90 bits per heavy atom. The molecule has 1 aromatic rings. The van der Waals surface area contributed by atoms with Gasteiger partial charge in [-0.25, -0.2) is 0 Å². The lowest BCUT2D eigenvalue weighted by molar-refractivity contribution is -0.129. The van der Waals surface area contributed by atoms with Gasteiger partial charge < -0.3 is 9.80 Å². The fourth-order valence-electron chi connectivity index (χ4n) is 2.90. The van der Waals surface area contributed by atoms with Crippen molar-refractivity contribution in [3.8, 4) is 0 Å². The Hall–Kier alpha value is -1.51. The van der Waals surface area contributed by atoms with Gasteiger partial charge in [-0.3, -0.25) is 4.79 Å². The first kappa shape index (κ1) is 14.9. The van der Waals surface area contributed by atoms with E-state index in [1.165, 1.54) is 11.3 Å². The SMILES string of the molecule is CCCCN(C)C(=O)CCN1c2ccccc2CC1C. The van der Waals surface area contributed by atoms with Crippen molar-refractivity contribution in [2.24, 2.45) is 0 Å². The third-order valence-electron chi connectivity index (χ3n) is 4.19. The fourth-order valence-corrected chi connectivity index (χ4v) is 2.90. The first-order chi connectivity index (χ1) is 9.63. The molecule has 1 aromatic carbocycles. The zero-order chi connectivity index (χ0) is 14.5. The summed E-state index contributed by atoms with van der Waals surface area (Å²) in [6.07, 6.45) is 3.92. The zero-order valence-corrected chi connectivity index (χ0v) is 12.9. The molecule has 0 fully saturated rings. The monoisotopic (exact) mass is 274 g/mol. The Bertz CT molecular complexity index is 458. The minimum absolute atomic E-state index is 0.259. The van der Waals surface area contributed by atoms with Crippen LogP contribution in [0.15, 0.2) is 24.3 Å². The maximum absolute atomic E-state index is 12.1. The topological polar surface area (TPSA) is 23.6 Å². The number of hydrogen-bond donors (Lipinski definition) is 0. The lowest BCUT2D eigenvalue weighted by Gasteiger charge is -2.26. The number of rotatable bonds is 6. The lowest BCUT2D eigenvalue weighted by atomic mass is 10.1. The molecule has 3 heteroatoms. The Kier molecular flexibility index (Phi) is 5.05. The van der Waals surface area contributed by atoms with E-state index in [1.54, 1.807) is 0 Å². The van der Waals surface area contributed by atoms with E-state index in [9.17, 15) is 4.79 Å². The van der Waals surface area contributed by atoms with Gasteiger partial charge >= 0.3 is 0 Å². The van der Waals surface area contributed by atoms with Gasteiger partial charge in [0, 0.05) is 38.3 Å². The summed E-state index contributed by atoms with van der Waals surface area (Å²) >= 11 is 0. The molecule has 0 N–H and O–H groups in total. The Labute approximate surface area is 122 Å². The van der Waals surface area contributed by atoms with Crippen molar-refractivity contribution < 1.29 is 4.79 Å². The van der Waals surface area contributed by atoms with E-state index < -0.39 is 0 Å². The summed E-state index contributed by atoms with van der Waals surface area (Å²) in [6.45, 7) is 6.10. The molecule has 1 aliphatic rings. The van der Waals surface area contributed by atoms with Gasteiger partial charge in [-0.1, -0.05) is 31.5 Å². The summed E-state index contributed by atoms with van der Waals surface area (Å²) in [4.78, 5) is 16.4. The maximum atomic E-state index is 12.1. The minimum Gasteiger partial charge on any atom is -0.368 e. The number of hydrogen-bond acceptors (Lipinski definition) is 2. The van der Waals surface area contributed by atoms with Crippen LogP contribution in [0, 0.1) is 0 Å². The van der Waals surface area contributed by atoms with E-state index in [0.717, 1.165) is 32.4 Å². The van der Waals surface area contributed by atoms with Crippen LogP contribution in [0.3, 0.4) is 0 Å². The molecule has 0 saturated heterocycles. The third-order valence-corrected chi connectivity index (χ3v) is 4.19. The molecule has 1 amide bonds. The summed E-state index contributed by atoms with van der Waals surface area (Å²) in [6, 6.07) is 9.05.